The maximum absolute atomic E-state index is 11.7. The van der Waals surface area contributed by atoms with Gasteiger partial charge in [0.2, 0.25) is 11.8 Å². The minimum atomic E-state index is 0.0989. The van der Waals surface area contributed by atoms with Gasteiger partial charge in [-0.05, 0) is 45.8 Å². The zero-order chi connectivity index (χ0) is 20.9. The van der Waals surface area contributed by atoms with E-state index in [9.17, 15) is 9.59 Å². The third kappa shape index (κ3) is 19.2. The molecule has 28 heavy (non-hydrogen) atoms. The average Bonchev–Trinajstić information content (AvgIpc) is 2.68. The van der Waals surface area contributed by atoms with E-state index in [1.54, 1.807) is 0 Å². The molecule has 0 saturated heterocycles. The molecule has 0 spiro atoms. The third-order valence-electron chi connectivity index (χ3n) is 4.47. The van der Waals surface area contributed by atoms with Crippen LogP contribution in [0.1, 0.15) is 78.1 Å². The number of nitrogens with one attached hydrogen (secondary N) is 2. The number of unbranched alkanes of at least 4 members (excludes halogenated alkanes) is 4. The number of allylic oxidation sites excluding steroid dienone is 2. The lowest BCUT2D eigenvalue weighted by Gasteiger charge is -2.16. The maximum Gasteiger partial charge on any atom is 0.223 e. The standard InChI is InChI=1S/C23H43N3O2/c1-4-6-8-10-12-16-22(27)24-18-14-20-26(3)21-15-19-25-23(28)17-13-11-9-7-5-2/h10-13H,4-9,14-21H2,1-3H3,(H,24,27)(H,25,28)/b12-10+,13-11+. The minimum absolute atomic E-state index is 0.0989. The van der Waals surface area contributed by atoms with E-state index >= 15 is 0 Å². The summed E-state index contributed by atoms with van der Waals surface area (Å²) in [7, 11) is 2.08. The Morgan fingerprint density at radius 1 is 0.714 bits per heavy atom. The highest BCUT2D eigenvalue weighted by Crippen LogP contribution is 1.97. The fourth-order valence-corrected chi connectivity index (χ4v) is 2.67. The van der Waals surface area contributed by atoms with Crippen molar-refractivity contribution in [1.82, 2.24) is 15.5 Å². The number of nitrogens with zero attached hydrogens (tertiary/aromatic N) is 1. The third-order valence-corrected chi connectivity index (χ3v) is 4.47. The first-order valence-corrected chi connectivity index (χ1v) is 11.1. The van der Waals surface area contributed by atoms with E-state index in [-0.39, 0.29) is 11.8 Å². The van der Waals surface area contributed by atoms with Crippen molar-refractivity contribution in [2.75, 3.05) is 33.2 Å². The maximum atomic E-state index is 11.7. The van der Waals surface area contributed by atoms with Crippen LogP contribution in [0.2, 0.25) is 0 Å². The predicted octanol–water partition coefficient (Wildman–Crippen LogP) is 4.20. The van der Waals surface area contributed by atoms with Crippen molar-refractivity contribution in [2.45, 2.75) is 78.1 Å². The Kier molecular flexibility index (Phi) is 19.0. The average molecular weight is 394 g/mol. The molecule has 0 aliphatic carbocycles. The second kappa shape index (κ2) is 20.1. The van der Waals surface area contributed by atoms with E-state index in [1.165, 1.54) is 25.7 Å². The van der Waals surface area contributed by atoms with Gasteiger partial charge in [-0.3, -0.25) is 9.59 Å². The molecule has 0 rings (SSSR count). The molecule has 2 N–H and O–H groups in total. The van der Waals surface area contributed by atoms with Crippen LogP contribution in [-0.2, 0) is 9.59 Å². The van der Waals surface area contributed by atoms with E-state index in [0.717, 1.165) is 38.8 Å². The van der Waals surface area contributed by atoms with Crippen molar-refractivity contribution in [2.24, 2.45) is 0 Å². The Bertz CT molecular complexity index is 407. The zero-order valence-electron chi connectivity index (χ0n) is 18.5. The van der Waals surface area contributed by atoms with Crippen molar-refractivity contribution < 1.29 is 9.59 Å². The number of amides is 2. The van der Waals surface area contributed by atoms with Crippen LogP contribution < -0.4 is 10.6 Å². The van der Waals surface area contributed by atoms with Gasteiger partial charge in [0.05, 0.1) is 0 Å². The van der Waals surface area contributed by atoms with E-state index in [1.807, 2.05) is 12.2 Å². The molecule has 162 valence electrons. The number of rotatable bonds is 18. The number of hydrogen-bond donors (Lipinski definition) is 2. The molecule has 0 fully saturated rings. The summed E-state index contributed by atoms with van der Waals surface area (Å²) in [6.45, 7) is 7.66. The van der Waals surface area contributed by atoms with Gasteiger partial charge in [-0.15, -0.1) is 0 Å². The molecular formula is C23H43N3O2. The number of carbonyl (C=O) groups is 2. The van der Waals surface area contributed by atoms with Crippen LogP contribution in [0.25, 0.3) is 0 Å². The normalized spacial score (nSPS) is 11.6. The Morgan fingerprint density at radius 3 is 1.54 bits per heavy atom. The molecule has 2 amide bonds. The lowest BCUT2D eigenvalue weighted by Crippen LogP contribution is -2.30. The van der Waals surface area contributed by atoms with Crippen LogP contribution >= 0.6 is 0 Å². The van der Waals surface area contributed by atoms with Crippen LogP contribution in [-0.4, -0.2) is 49.9 Å². The first-order valence-electron chi connectivity index (χ1n) is 11.1. The molecule has 0 unspecified atom stereocenters. The molecular weight excluding hydrogens is 350 g/mol. The summed E-state index contributed by atoms with van der Waals surface area (Å²) in [5, 5.41) is 5.93. The van der Waals surface area contributed by atoms with E-state index in [2.05, 4.69) is 48.6 Å². The molecule has 0 aliphatic rings. The van der Waals surface area contributed by atoms with E-state index in [4.69, 9.17) is 0 Å². The van der Waals surface area contributed by atoms with Crippen LogP contribution in [0.3, 0.4) is 0 Å². The van der Waals surface area contributed by atoms with Crippen LogP contribution in [0.4, 0.5) is 0 Å². The summed E-state index contributed by atoms with van der Waals surface area (Å²) in [6, 6.07) is 0. The van der Waals surface area contributed by atoms with Crippen molar-refractivity contribution in [1.29, 1.82) is 0 Å². The fraction of sp³-hybridized carbons (Fsp3) is 0.739. The van der Waals surface area contributed by atoms with E-state index < -0.39 is 0 Å². The molecule has 0 saturated carbocycles. The fourth-order valence-electron chi connectivity index (χ4n) is 2.67. The topological polar surface area (TPSA) is 61.4 Å². The largest absolute Gasteiger partial charge is 0.356 e. The summed E-state index contributed by atoms with van der Waals surface area (Å²) in [4.78, 5) is 25.6. The van der Waals surface area contributed by atoms with Crippen molar-refractivity contribution >= 4 is 11.8 Å². The van der Waals surface area contributed by atoms with Crippen molar-refractivity contribution in [3.05, 3.63) is 24.3 Å². The lowest BCUT2D eigenvalue weighted by atomic mass is 10.2. The van der Waals surface area contributed by atoms with Gasteiger partial charge in [0.25, 0.3) is 0 Å². The highest BCUT2D eigenvalue weighted by atomic mass is 16.2. The van der Waals surface area contributed by atoms with Crippen molar-refractivity contribution in [3.63, 3.8) is 0 Å². The predicted molar refractivity (Wildman–Crippen MR) is 119 cm³/mol. The summed E-state index contributed by atoms with van der Waals surface area (Å²) in [6.07, 6.45) is 17.8. The second-order valence-electron chi connectivity index (χ2n) is 7.35. The summed E-state index contributed by atoms with van der Waals surface area (Å²) >= 11 is 0. The summed E-state index contributed by atoms with van der Waals surface area (Å²) in [5.41, 5.74) is 0. The van der Waals surface area contributed by atoms with Gasteiger partial charge in [0.1, 0.15) is 0 Å². The minimum Gasteiger partial charge on any atom is -0.356 e. The highest BCUT2D eigenvalue weighted by molar-refractivity contribution is 5.77. The first-order chi connectivity index (χ1) is 13.6. The Hall–Kier alpha value is -1.62. The van der Waals surface area contributed by atoms with Gasteiger partial charge in [0.15, 0.2) is 0 Å². The molecule has 0 atom stereocenters. The van der Waals surface area contributed by atoms with Gasteiger partial charge in [-0.25, -0.2) is 0 Å². The molecule has 5 nitrogen and oxygen atoms in total. The summed E-state index contributed by atoms with van der Waals surface area (Å²) < 4.78 is 0. The Morgan fingerprint density at radius 2 is 1.14 bits per heavy atom. The molecule has 0 bridgehead atoms. The number of carbonyl (C=O) groups excluding carboxylic acids is 2. The van der Waals surface area contributed by atoms with Crippen molar-refractivity contribution in [3.8, 4) is 0 Å². The Labute approximate surface area is 173 Å². The van der Waals surface area contributed by atoms with Crippen LogP contribution in [0, 0.1) is 0 Å². The molecule has 0 heterocycles. The van der Waals surface area contributed by atoms with E-state index in [0.29, 0.717) is 25.9 Å². The molecule has 0 aliphatic heterocycles. The van der Waals surface area contributed by atoms with Gasteiger partial charge >= 0.3 is 0 Å². The smallest absolute Gasteiger partial charge is 0.223 e. The van der Waals surface area contributed by atoms with Gasteiger partial charge in [-0.1, -0.05) is 63.8 Å². The van der Waals surface area contributed by atoms with Crippen LogP contribution in [0.15, 0.2) is 24.3 Å². The summed E-state index contributed by atoms with van der Waals surface area (Å²) in [5.74, 6) is 0.198. The van der Waals surface area contributed by atoms with Crippen LogP contribution in [0.5, 0.6) is 0 Å². The number of hydrogen-bond acceptors (Lipinski definition) is 3. The molecule has 0 aromatic carbocycles. The Balaban J connectivity index is 3.53. The van der Waals surface area contributed by atoms with Gasteiger partial charge in [0, 0.05) is 25.9 Å². The molecule has 0 aromatic heterocycles. The lowest BCUT2D eigenvalue weighted by molar-refractivity contribution is -0.121. The second-order valence-corrected chi connectivity index (χ2v) is 7.35. The first kappa shape index (κ1) is 26.4. The molecule has 5 heteroatoms. The van der Waals surface area contributed by atoms with Gasteiger partial charge in [-0.2, -0.15) is 0 Å². The highest BCUT2D eigenvalue weighted by Gasteiger charge is 2.02. The van der Waals surface area contributed by atoms with Gasteiger partial charge < -0.3 is 15.5 Å². The molecule has 0 radical (unpaired) electrons. The monoisotopic (exact) mass is 393 g/mol. The quantitative estimate of drug-likeness (QED) is 0.271. The molecule has 0 aromatic rings. The zero-order valence-corrected chi connectivity index (χ0v) is 18.5. The SMILES string of the molecule is CCCC/C=C/CC(=O)NCCCN(C)CCCNC(=O)C/C=C/CCCC.